The van der Waals surface area contributed by atoms with Crippen LogP contribution in [0.4, 0.5) is 5.69 Å². The van der Waals surface area contributed by atoms with Crippen molar-refractivity contribution >= 4 is 39.2 Å². The molecule has 0 aliphatic carbocycles. The Morgan fingerprint density at radius 2 is 1.81 bits per heavy atom. The summed E-state index contributed by atoms with van der Waals surface area (Å²) in [6.07, 6.45) is 3.31. The SMILES string of the molecule is CC1Cc2ccccc2N1C(=O)COC(=O)c1ccc(Cl)c(S(=O)(=O)N2CCCCC2)c1. The van der Waals surface area contributed by atoms with Gasteiger partial charge in [0.1, 0.15) is 4.90 Å². The smallest absolute Gasteiger partial charge is 0.338 e. The summed E-state index contributed by atoms with van der Waals surface area (Å²) in [5.74, 6) is -1.10. The second-order valence-corrected chi connectivity index (χ2v) is 10.4. The average molecular weight is 477 g/mol. The molecule has 7 nitrogen and oxygen atoms in total. The summed E-state index contributed by atoms with van der Waals surface area (Å²) in [6.45, 7) is 2.36. The van der Waals surface area contributed by atoms with Crippen LogP contribution in [0.15, 0.2) is 47.4 Å². The second kappa shape index (κ2) is 9.21. The van der Waals surface area contributed by atoms with Crippen molar-refractivity contribution in [3.63, 3.8) is 0 Å². The maximum absolute atomic E-state index is 13.0. The lowest BCUT2D eigenvalue weighted by Gasteiger charge is -2.26. The Bertz CT molecular complexity index is 1140. The van der Waals surface area contributed by atoms with Crippen molar-refractivity contribution in [2.24, 2.45) is 0 Å². The molecule has 0 saturated carbocycles. The molecule has 9 heteroatoms. The minimum atomic E-state index is -3.82. The molecule has 0 spiro atoms. The fraction of sp³-hybridized carbons (Fsp3) is 0.391. The number of esters is 1. The molecule has 1 atom stereocenters. The van der Waals surface area contributed by atoms with Crippen molar-refractivity contribution < 1.29 is 22.7 Å². The van der Waals surface area contributed by atoms with Gasteiger partial charge in [0, 0.05) is 24.8 Å². The van der Waals surface area contributed by atoms with Gasteiger partial charge in [-0.05, 0) is 56.0 Å². The van der Waals surface area contributed by atoms with Crippen LogP contribution < -0.4 is 4.90 Å². The molecular weight excluding hydrogens is 452 g/mol. The highest BCUT2D eigenvalue weighted by Gasteiger charge is 2.32. The highest BCUT2D eigenvalue weighted by Crippen LogP contribution is 2.32. The third kappa shape index (κ3) is 4.40. The van der Waals surface area contributed by atoms with Crippen molar-refractivity contribution in [3.05, 3.63) is 58.6 Å². The first-order chi connectivity index (χ1) is 15.3. The standard InChI is InChI=1S/C23H25ClN2O5S/c1-16-13-17-7-3-4-8-20(17)26(16)22(27)15-31-23(28)18-9-10-19(24)21(14-18)32(29,30)25-11-5-2-6-12-25/h3-4,7-10,14,16H,2,5-6,11-13,15H2,1H3. The Balaban J connectivity index is 1.47. The first-order valence-corrected chi connectivity index (χ1v) is 12.5. The van der Waals surface area contributed by atoms with Gasteiger partial charge < -0.3 is 9.64 Å². The van der Waals surface area contributed by atoms with Gasteiger partial charge in [0.05, 0.1) is 10.6 Å². The van der Waals surface area contributed by atoms with Crippen molar-refractivity contribution in [1.82, 2.24) is 4.31 Å². The molecule has 2 heterocycles. The van der Waals surface area contributed by atoms with Crippen molar-refractivity contribution in [3.8, 4) is 0 Å². The third-order valence-electron chi connectivity index (χ3n) is 5.90. The number of fused-ring (bicyclic) bond motifs is 1. The van der Waals surface area contributed by atoms with Crippen molar-refractivity contribution in [2.75, 3.05) is 24.6 Å². The number of carbonyl (C=O) groups is 2. The summed E-state index contributed by atoms with van der Waals surface area (Å²) >= 11 is 6.16. The number of carbonyl (C=O) groups excluding carboxylic acids is 2. The van der Waals surface area contributed by atoms with Crippen LogP contribution in [0.25, 0.3) is 0 Å². The van der Waals surface area contributed by atoms with Gasteiger partial charge >= 0.3 is 5.97 Å². The number of ether oxygens (including phenoxy) is 1. The van der Waals surface area contributed by atoms with Crippen LogP contribution in [0.5, 0.6) is 0 Å². The van der Waals surface area contributed by atoms with Crippen molar-refractivity contribution in [1.29, 1.82) is 0 Å². The van der Waals surface area contributed by atoms with Crippen LogP contribution in [0.1, 0.15) is 42.1 Å². The van der Waals surface area contributed by atoms with E-state index in [4.69, 9.17) is 16.3 Å². The van der Waals surface area contributed by atoms with E-state index in [0.717, 1.165) is 36.9 Å². The molecular formula is C23H25ClN2O5S. The van der Waals surface area contributed by atoms with Gasteiger partial charge in [0.25, 0.3) is 5.91 Å². The highest BCUT2D eigenvalue weighted by molar-refractivity contribution is 7.89. The van der Waals surface area contributed by atoms with Gasteiger partial charge in [0.2, 0.25) is 10.0 Å². The monoisotopic (exact) mass is 476 g/mol. The molecule has 32 heavy (non-hydrogen) atoms. The fourth-order valence-electron chi connectivity index (χ4n) is 4.30. The minimum absolute atomic E-state index is 0.0320. The van der Waals surface area contributed by atoms with Gasteiger partial charge in [0.15, 0.2) is 6.61 Å². The summed E-state index contributed by atoms with van der Waals surface area (Å²) in [7, 11) is -3.82. The number of sulfonamides is 1. The molecule has 2 aliphatic rings. The third-order valence-corrected chi connectivity index (χ3v) is 8.28. The van der Waals surface area contributed by atoms with Crippen LogP contribution in [-0.4, -0.2) is 50.3 Å². The summed E-state index contributed by atoms with van der Waals surface area (Å²) in [4.78, 5) is 26.9. The van der Waals surface area contributed by atoms with E-state index in [1.807, 2.05) is 31.2 Å². The van der Waals surface area contributed by atoms with Gasteiger partial charge in [-0.15, -0.1) is 0 Å². The summed E-state index contributed by atoms with van der Waals surface area (Å²) in [5.41, 5.74) is 1.93. The van der Waals surface area contributed by atoms with E-state index < -0.39 is 22.6 Å². The van der Waals surface area contributed by atoms with Gasteiger partial charge in [-0.3, -0.25) is 4.79 Å². The van der Waals surface area contributed by atoms with E-state index in [9.17, 15) is 18.0 Å². The maximum Gasteiger partial charge on any atom is 0.338 e. The van der Waals surface area contributed by atoms with E-state index in [-0.39, 0.29) is 27.4 Å². The Morgan fingerprint density at radius 1 is 1.09 bits per heavy atom. The van der Waals surface area contributed by atoms with E-state index in [1.165, 1.54) is 22.5 Å². The lowest BCUT2D eigenvalue weighted by atomic mass is 10.1. The van der Waals surface area contributed by atoms with Crippen LogP contribution in [0, 0.1) is 0 Å². The second-order valence-electron chi connectivity index (χ2n) is 8.13. The Labute approximate surface area is 193 Å². The Kier molecular flexibility index (Phi) is 6.55. The molecule has 2 aromatic carbocycles. The van der Waals surface area contributed by atoms with Gasteiger partial charge in [-0.25, -0.2) is 13.2 Å². The molecule has 1 fully saturated rings. The number of hydrogen-bond acceptors (Lipinski definition) is 5. The molecule has 0 bridgehead atoms. The summed E-state index contributed by atoms with van der Waals surface area (Å²) < 4.78 is 32.6. The Hall–Kier alpha value is -2.42. The zero-order valence-electron chi connectivity index (χ0n) is 17.8. The topological polar surface area (TPSA) is 84.0 Å². The normalized spacial score (nSPS) is 18.9. The van der Waals surface area contributed by atoms with E-state index in [0.29, 0.717) is 13.1 Å². The molecule has 2 aromatic rings. The predicted molar refractivity (Wildman–Crippen MR) is 121 cm³/mol. The van der Waals surface area contributed by atoms with Crippen LogP contribution in [0.3, 0.4) is 0 Å². The first kappa shape index (κ1) is 22.8. The van der Waals surface area contributed by atoms with Crippen LogP contribution >= 0.6 is 11.6 Å². The molecule has 1 unspecified atom stereocenters. The van der Waals surface area contributed by atoms with E-state index >= 15 is 0 Å². The number of para-hydroxylation sites is 1. The molecule has 0 radical (unpaired) electrons. The lowest BCUT2D eigenvalue weighted by Crippen LogP contribution is -2.38. The number of hydrogen-bond donors (Lipinski definition) is 0. The number of piperidine rings is 1. The van der Waals surface area contributed by atoms with Crippen molar-refractivity contribution in [2.45, 2.75) is 43.5 Å². The van der Waals surface area contributed by atoms with Gasteiger partial charge in [-0.1, -0.05) is 36.2 Å². The molecule has 1 amide bonds. The molecule has 0 aromatic heterocycles. The first-order valence-electron chi connectivity index (χ1n) is 10.7. The summed E-state index contributed by atoms with van der Waals surface area (Å²) in [5, 5.41) is 0.0469. The van der Waals surface area contributed by atoms with E-state index in [1.54, 1.807) is 4.90 Å². The molecule has 1 saturated heterocycles. The number of anilines is 1. The molecule has 2 aliphatic heterocycles. The number of halogens is 1. The largest absolute Gasteiger partial charge is 0.452 e. The quantitative estimate of drug-likeness (QED) is 0.615. The van der Waals surface area contributed by atoms with Crippen LogP contribution in [-0.2, 0) is 26.0 Å². The lowest BCUT2D eigenvalue weighted by molar-refractivity contribution is -0.122. The predicted octanol–water partition coefficient (Wildman–Crippen LogP) is 3.65. The van der Waals surface area contributed by atoms with E-state index in [2.05, 4.69) is 0 Å². The number of amides is 1. The average Bonchev–Trinajstić information content (AvgIpc) is 3.13. The van der Waals surface area contributed by atoms with Crippen LogP contribution in [0.2, 0.25) is 5.02 Å². The minimum Gasteiger partial charge on any atom is -0.452 e. The zero-order valence-corrected chi connectivity index (χ0v) is 19.4. The number of benzene rings is 2. The number of rotatable bonds is 5. The molecule has 0 N–H and O–H groups in total. The van der Waals surface area contributed by atoms with Gasteiger partial charge in [-0.2, -0.15) is 4.31 Å². The molecule has 4 rings (SSSR count). The highest BCUT2D eigenvalue weighted by atomic mass is 35.5. The zero-order chi connectivity index (χ0) is 22.9. The maximum atomic E-state index is 13.0. The summed E-state index contributed by atoms with van der Waals surface area (Å²) in [6, 6.07) is 11.6. The fourth-order valence-corrected chi connectivity index (χ4v) is 6.32. The molecule has 170 valence electrons. The number of nitrogens with zero attached hydrogens (tertiary/aromatic N) is 2. The Morgan fingerprint density at radius 3 is 2.56 bits per heavy atom.